The first-order chi connectivity index (χ1) is 11.1. The molecular weight excluding hydrogens is 312 g/mol. The Balaban J connectivity index is 1.78. The third-order valence-corrected chi connectivity index (χ3v) is 4.74. The van der Waals surface area contributed by atoms with Crippen LogP contribution in [0.2, 0.25) is 5.02 Å². The van der Waals surface area contributed by atoms with Crippen LogP contribution >= 0.6 is 11.6 Å². The standard InChI is InChI=1S/C18H27ClN2O2/c1-14(2)17(21-9-11-23-12-10-21)13-20-18(22)8-7-15-5-3-4-6-16(15)19/h3-6,14,17H,7-13H2,1-2H3,(H,20,22)/t17-/m0/s1. The minimum absolute atomic E-state index is 0.0869. The molecule has 0 radical (unpaired) electrons. The minimum atomic E-state index is 0.0869. The van der Waals surface area contributed by atoms with E-state index in [0.29, 0.717) is 31.3 Å². The second-order valence-electron chi connectivity index (χ2n) is 6.36. The fourth-order valence-electron chi connectivity index (χ4n) is 2.95. The minimum Gasteiger partial charge on any atom is -0.379 e. The van der Waals surface area contributed by atoms with Crippen LogP contribution in [0.25, 0.3) is 0 Å². The van der Waals surface area contributed by atoms with Gasteiger partial charge in [-0.15, -0.1) is 0 Å². The summed E-state index contributed by atoms with van der Waals surface area (Å²) in [5.41, 5.74) is 1.03. The van der Waals surface area contributed by atoms with Crippen LogP contribution < -0.4 is 5.32 Å². The van der Waals surface area contributed by atoms with Crippen molar-refractivity contribution in [1.82, 2.24) is 10.2 Å². The fourth-order valence-corrected chi connectivity index (χ4v) is 3.18. The lowest BCUT2D eigenvalue weighted by molar-refractivity contribution is -0.121. The highest BCUT2D eigenvalue weighted by molar-refractivity contribution is 6.31. The maximum atomic E-state index is 12.1. The van der Waals surface area contributed by atoms with Crippen molar-refractivity contribution in [3.8, 4) is 0 Å². The Morgan fingerprint density at radius 3 is 2.65 bits per heavy atom. The summed E-state index contributed by atoms with van der Waals surface area (Å²) in [6, 6.07) is 8.05. The molecule has 1 aromatic rings. The van der Waals surface area contributed by atoms with E-state index in [-0.39, 0.29) is 5.91 Å². The molecule has 1 atom stereocenters. The summed E-state index contributed by atoms with van der Waals surface area (Å²) in [4.78, 5) is 14.6. The van der Waals surface area contributed by atoms with Crippen LogP contribution in [0.5, 0.6) is 0 Å². The van der Waals surface area contributed by atoms with Crippen LogP contribution in [0.15, 0.2) is 24.3 Å². The van der Waals surface area contributed by atoms with Crippen molar-refractivity contribution in [2.75, 3.05) is 32.8 Å². The first-order valence-corrected chi connectivity index (χ1v) is 8.77. The molecule has 1 amide bonds. The third kappa shape index (κ3) is 5.79. The number of halogens is 1. The largest absolute Gasteiger partial charge is 0.379 e. The molecule has 1 N–H and O–H groups in total. The lowest BCUT2D eigenvalue weighted by atomic mass is 10.0. The topological polar surface area (TPSA) is 41.6 Å². The molecular formula is C18H27ClN2O2. The predicted molar refractivity (Wildman–Crippen MR) is 93.8 cm³/mol. The van der Waals surface area contributed by atoms with Gasteiger partial charge in [-0.25, -0.2) is 0 Å². The molecule has 23 heavy (non-hydrogen) atoms. The zero-order chi connectivity index (χ0) is 16.7. The molecule has 0 bridgehead atoms. The van der Waals surface area contributed by atoms with Crippen molar-refractivity contribution in [1.29, 1.82) is 0 Å². The number of nitrogens with one attached hydrogen (secondary N) is 1. The number of rotatable bonds is 7. The summed E-state index contributed by atoms with van der Waals surface area (Å²) < 4.78 is 5.41. The number of ether oxygens (including phenoxy) is 1. The maximum Gasteiger partial charge on any atom is 0.220 e. The Bertz CT molecular complexity index is 502. The Kier molecular flexibility index (Phi) is 7.34. The molecule has 0 aromatic heterocycles. The molecule has 0 spiro atoms. The highest BCUT2D eigenvalue weighted by Crippen LogP contribution is 2.16. The van der Waals surface area contributed by atoms with Crippen molar-refractivity contribution in [2.24, 2.45) is 5.92 Å². The van der Waals surface area contributed by atoms with Gasteiger partial charge in [0.05, 0.1) is 13.2 Å². The van der Waals surface area contributed by atoms with E-state index in [2.05, 4.69) is 24.1 Å². The van der Waals surface area contributed by atoms with Gasteiger partial charge in [0.2, 0.25) is 5.91 Å². The molecule has 1 saturated heterocycles. The number of carbonyl (C=O) groups is 1. The zero-order valence-corrected chi connectivity index (χ0v) is 14.8. The normalized spacial score (nSPS) is 17.2. The first-order valence-electron chi connectivity index (χ1n) is 8.40. The molecule has 0 unspecified atom stereocenters. The smallest absolute Gasteiger partial charge is 0.220 e. The Hall–Kier alpha value is -1.10. The molecule has 1 aromatic carbocycles. The van der Waals surface area contributed by atoms with E-state index in [1.165, 1.54) is 0 Å². The second kappa shape index (κ2) is 9.26. The van der Waals surface area contributed by atoms with E-state index in [1.54, 1.807) is 0 Å². The average Bonchev–Trinajstić information content (AvgIpc) is 2.55. The van der Waals surface area contributed by atoms with E-state index in [4.69, 9.17) is 16.3 Å². The molecule has 1 aliphatic heterocycles. The van der Waals surface area contributed by atoms with E-state index in [9.17, 15) is 4.79 Å². The van der Waals surface area contributed by atoms with Gasteiger partial charge in [0.1, 0.15) is 0 Å². The Morgan fingerprint density at radius 1 is 1.30 bits per heavy atom. The summed E-state index contributed by atoms with van der Waals surface area (Å²) >= 11 is 6.13. The molecule has 128 valence electrons. The summed E-state index contributed by atoms with van der Waals surface area (Å²) in [6.45, 7) is 8.55. The maximum absolute atomic E-state index is 12.1. The predicted octanol–water partition coefficient (Wildman–Crippen LogP) is 2.75. The average molecular weight is 339 g/mol. The van der Waals surface area contributed by atoms with E-state index in [1.807, 2.05) is 24.3 Å². The number of carbonyl (C=O) groups excluding carboxylic acids is 1. The van der Waals surface area contributed by atoms with E-state index >= 15 is 0 Å². The number of benzene rings is 1. The summed E-state index contributed by atoms with van der Waals surface area (Å²) in [5, 5.41) is 3.82. The SMILES string of the molecule is CC(C)[C@H](CNC(=O)CCc1ccccc1Cl)N1CCOCC1. The number of aryl methyl sites for hydroxylation is 1. The van der Waals surface area contributed by atoms with Crippen LogP contribution in [0, 0.1) is 5.92 Å². The van der Waals surface area contributed by atoms with Crippen LogP contribution in [0.4, 0.5) is 0 Å². The molecule has 2 rings (SSSR count). The van der Waals surface area contributed by atoms with Gasteiger partial charge in [-0.2, -0.15) is 0 Å². The fraction of sp³-hybridized carbons (Fsp3) is 0.611. The number of hydrogen-bond acceptors (Lipinski definition) is 3. The van der Waals surface area contributed by atoms with Gasteiger partial charge in [0.15, 0.2) is 0 Å². The van der Waals surface area contributed by atoms with Gasteiger partial charge in [-0.1, -0.05) is 43.6 Å². The number of amides is 1. The Morgan fingerprint density at radius 2 is 2.00 bits per heavy atom. The van der Waals surface area contributed by atoms with Gasteiger partial charge in [-0.3, -0.25) is 9.69 Å². The highest BCUT2D eigenvalue weighted by atomic mass is 35.5. The first kappa shape index (κ1) is 18.2. The second-order valence-corrected chi connectivity index (χ2v) is 6.76. The molecule has 1 fully saturated rings. The lowest BCUT2D eigenvalue weighted by Crippen LogP contribution is -2.51. The Labute approximate surface area is 144 Å². The molecule has 0 saturated carbocycles. The van der Waals surface area contributed by atoms with Gasteiger partial charge < -0.3 is 10.1 Å². The summed E-state index contributed by atoms with van der Waals surface area (Å²) in [6.07, 6.45) is 1.15. The summed E-state index contributed by atoms with van der Waals surface area (Å²) in [7, 11) is 0. The number of nitrogens with zero attached hydrogens (tertiary/aromatic N) is 1. The van der Waals surface area contributed by atoms with Gasteiger partial charge >= 0.3 is 0 Å². The number of morpholine rings is 1. The molecule has 0 aliphatic carbocycles. The van der Waals surface area contributed by atoms with E-state index in [0.717, 1.165) is 36.9 Å². The van der Waals surface area contributed by atoms with Crippen LogP contribution in [-0.4, -0.2) is 49.7 Å². The molecule has 1 aliphatic rings. The van der Waals surface area contributed by atoms with Crippen molar-refractivity contribution >= 4 is 17.5 Å². The molecule has 5 heteroatoms. The van der Waals surface area contributed by atoms with Crippen molar-refractivity contribution in [3.05, 3.63) is 34.9 Å². The summed E-state index contributed by atoms with van der Waals surface area (Å²) in [5.74, 6) is 0.584. The van der Waals surface area contributed by atoms with Crippen LogP contribution in [0.3, 0.4) is 0 Å². The van der Waals surface area contributed by atoms with Crippen LogP contribution in [-0.2, 0) is 16.0 Å². The monoisotopic (exact) mass is 338 g/mol. The van der Waals surface area contributed by atoms with Gasteiger partial charge in [-0.05, 0) is 24.0 Å². The van der Waals surface area contributed by atoms with E-state index < -0.39 is 0 Å². The van der Waals surface area contributed by atoms with Crippen molar-refractivity contribution < 1.29 is 9.53 Å². The van der Waals surface area contributed by atoms with Crippen molar-refractivity contribution in [3.63, 3.8) is 0 Å². The van der Waals surface area contributed by atoms with Gasteiger partial charge in [0.25, 0.3) is 0 Å². The zero-order valence-electron chi connectivity index (χ0n) is 14.1. The van der Waals surface area contributed by atoms with Gasteiger partial charge in [0, 0.05) is 37.1 Å². The lowest BCUT2D eigenvalue weighted by Gasteiger charge is -2.36. The molecule has 1 heterocycles. The highest BCUT2D eigenvalue weighted by Gasteiger charge is 2.24. The van der Waals surface area contributed by atoms with Crippen molar-refractivity contribution in [2.45, 2.75) is 32.7 Å². The number of hydrogen-bond donors (Lipinski definition) is 1. The molecule has 4 nitrogen and oxygen atoms in total. The quantitative estimate of drug-likeness (QED) is 0.831. The third-order valence-electron chi connectivity index (χ3n) is 4.37. The van der Waals surface area contributed by atoms with Crippen LogP contribution in [0.1, 0.15) is 25.8 Å².